The van der Waals surface area contributed by atoms with Gasteiger partial charge in [0, 0.05) is 5.56 Å². The Kier molecular flexibility index (Phi) is 6.63. The van der Waals surface area contributed by atoms with Crippen molar-refractivity contribution in [2.45, 2.75) is 20.5 Å². The van der Waals surface area contributed by atoms with Crippen LogP contribution in [0.25, 0.3) is 0 Å². The second kappa shape index (κ2) is 9.55. The summed E-state index contributed by atoms with van der Waals surface area (Å²) in [7, 11) is 1.60. The van der Waals surface area contributed by atoms with Crippen molar-refractivity contribution in [3.63, 3.8) is 0 Å². The van der Waals surface area contributed by atoms with E-state index in [9.17, 15) is 4.79 Å². The molecular weight excluding hydrogens is 364 g/mol. The number of hydrogen-bond donors (Lipinski definition) is 1. The molecule has 3 aromatic carbocycles. The van der Waals surface area contributed by atoms with Crippen LogP contribution in [0.15, 0.2) is 71.8 Å². The summed E-state index contributed by atoms with van der Waals surface area (Å²) in [5.41, 5.74) is 7.06. The van der Waals surface area contributed by atoms with E-state index in [0.717, 1.165) is 22.3 Å². The molecule has 0 aliphatic carbocycles. The molecule has 0 heterocycles. The fraction of sp³-hybridized carbons (Fsp3) is 0.167. The fourth-order valence-corrected chi connectivity index (χ4v) is 2.92. The van der Waals surface area contributed by atoms with E-state index < -0.39 is 0 Å². The molecule has 0 aliphatic rings. The van der Waals surface area contributed by atoms with E-state index in [1.807, 2.05) is 74.5 Å². The highest BCUT2D eigenvalue weighted by Crippen LogP contribution is 2.28. The SMILES string of the molecule is COc1ccc(/C=N/NC(=O)c2ccc(C)cc2C)cc1OCc1ccccc1. The molecule has 0 aromatic heterocycles. The lowest BCUT2D eigenvalue weighted by Gasteiger charge is -2.11. The zero-order chi connectivity index (χ0) is 20.6. The molecule has 5 heteroatoms. The second-order valence-corrected chi connectivity index (χ2v) is 6.70. The van der Waals surface area contributed by atoms with Crippen LogP contribution in [0.5, 0.6) is 11.5 Å². The third kappa shape index (κ3) is 5.45. The molecule has 0 aliphatic heterocycles. The molecule has 0 radical (unpaired) electrons. The molecule has 3 rings (SSSR count). The summed E-state index contributed by atoms with van der Waals surface area (Å²) in [5, 5.41) is 4.08. The Labute approximate surface area is 171 Å². The van der Waals surface area contributed by atoms with Crippen LogP contribution < -0.4 is 14.9 Å². The first-order valence-electron chi connectivity index (χ1n) is 9.32. The lowest BCUT2D eigenvalue weighted by molar-refractivity contribution is 0.0954. The maximum absolute atomic E-state index is 12.3. The van der Waals surface area contributed by atoms with Gasteiger partial charge >= 0.3 is 0 Å². The molecule has 0 bridgehead atoms. The van der Waals surface area contributed by atoms with Gasteiger partial charge in [-0.05, 0) is 54.8 Å². The van der Waals surface area contributed by atoms with Gasteiger partial charge in [0.2, 0.25) is 0 Å². The van der Waals surface area contributed by atoms with Crippen molar-refractivity contribution < 1.29 is 14.3 Å². The van der Waals surface area contributed by atoms with Crippen LogP contribution in [0.2, 0.25) is 0 Å². The Balaban J connectivity index is 1.67. The van der Waals surface area contributed by atoms with E-state index >= 15 is 0 Å². The number of amides is 1. The summed E-state index contributed by atoms with van der Waals surface area (Å²) >= 11 is 0. The predicted octanol–water partition coefficient (Wildman–Crippen LogP) is 4.65. The smallest absolute Gasteiger partial charge is 0.271 e. The summed E-state index contributed by atoms with van der Waals surface area (Å²) in [6, 6.07) is 21.1. The van der Waals surface area contributed by atoms with Gasteiger partial charge < -0.3 is 9.47 Å². The third-order valence-electron chi connectivity index (χ3n) is 4.43. The number of benzene rings is 3. The molecule has 0 unspecified atom stereocenters. The average molecular weight is 388 g/mol. The van der Waals surface area contributed by atoms with Crippen molar-refractivity contribution in [2.24, 2.45) is 5.10 Å². The molecule has 1 amide bonds. The van der Waals surface area contributed by atoms with Crippen LogP contribution in [-0.4, -0.2) is 19.2 Å². The Hall–Kier alpha value is -3.60. The van der Waals surface area contributed by atoms with E-state index in [1.54, 1.807) is 19.4 Å². The minimum absolute atomic E-state index is 0.243. The van der Waals surface area contributed by atoms with Crippen molar-refractivity contribution in [3.8, 4) is 11.5 Å². The largest absolute Gasteiger partial charge is 0.493 e. The van der Waals surface area contributed by atoms with Gasteiger partial charge in [0.15, 0.2) is 11.5 Å². The van der Waals surface area contributed by atoms with Crippen molar-refractivity contribution in [3.05, 3.63) is 94.5 Å². The summed E-state index contributed by atoms with van der Waals surface area (Å²) in [5.74, 6) is 1.01. The monoisotopic (exact) mass is 388 g/mol. The second-order valence-electron chi connectivity index (χ2n) is 6.70. The number of ether oxygens (including phenoxy) is 2. The number of rotatable bonds is 7. The standard InChI is InChI=1S/C24H24N2O3/c1-17-9-11-21(18(2)13-17)24(27)26-25-15-20-10-12-22(28-3)23(14-20)29-16-19-7-5-4-6-8-19/h4-15H,16H2,1-3H3,(H,26,27)/b25-15+. The van der Waals surface area contributed by atoms with Gasteiger partial charge in [-0.2, -0.15) is 5.10 Å². The number of hydrazone groups is 1. The maximum Gasteiger partial charge on any atom is 0.271 e. The van der Waals surface area contributed by atoms with Gasteiger partial charge in [-0.1, -0.05) is 48.0 Å². The van der Waals surface area contributed by atoms with Gasteiger partial charge in [0.25, 0.3) is 5.91 Å². The zero-order valence-corrected chi connectivity index (χ0v) is 16.8. The summed E-state index contributed by atoms with van der Waals surface area (Å²) < 4.78 is 11.3. The van der Waals surface area contributed by atoms with E-state index in [2.05, 4.69) is 10.5 Å². The van der Waals surface area contributed by atoms with Gasteiger partial charge in [0.05, 0.1) is 13.3 Å². The van der Waals surface area contributed by atoms with Crippen molar-refractivity contribution in [1.29, 1.82) is 0 Å². The number of carbonyl (C=O) groups excluding carboxylic acids is 1. The summed E-state index contributed by atoms with van der Waals surface area (Å²) in [6.45, 7) is 4.33. The average Bonchev–Trinajstić information content (AvgIpc) is 2.73. The van der Waals surface area contributed by atoms with Crippen LogP contribution in [0.4, 0.5) is 0 Å². The van der Waals surface area contributed by atoms with Gasteiger partial charge in [-0.15, -0.1) is 0 Å². The van der Waals surface area contributed by atoms with Gasteiger partial charge in [0.1, 0.15) is 6.61 Å². The van der Waals surface area contributed by atoms with Crippen molar-refractivity contribution in [2.75, 3.05) is 7.11 Å². The first-order chi connectivity index (χ1) is 14.1. The highest BCUT2D eigenvalue weighted by molar-refractivity contribution is 5.96. The van der Waals surface area contributed by atoms with E-state index in [1.165, 1.54) is 0 Å². The minimum atomic E-state index is -0.243. The van der Waals surface area contributed by atoms with E-state index in [4.69, 9.17) is 9.47 Å². The molecule has 5 nitrogen and oxygen atoms in total. The fourth-order valence-electron chi connectivity index (χ4n) is 2.92. The highest BCUT2D eigenvalue weighted by atomic mass is 16.5. The Morgan fingerprint density at radius 1 is 1.00 bits per heavy atom. The van der Waals surface area contributed by atoms with E-state index in [0.29, 0.717) is 23.7 Å². The molecule has 0 saturated carbocycles. The van der Waals surface area contributed by atoms with Gasteiger partial charge in [-0.3, -0.25) is 4.79 Å². The molecule has 0 fully saturated rings. The minimum Gasteiger partial charge on any atom is -0.493 e. The quantitative estimate of drug-likeness (QED) is 0.473. The third-order valence-corrected chi connectivity index (χ3v) is 4.43. The topological polar surface area (TPSA) is 59.9 Å². The number of aryl methyl sites for hydroxylation is 2. The Morgan fingerprint density at radius 2 is 1.79 bits per heavy atom. The first kappa shape index (κ1) is 20.1. The number of nitrogens with zero attached hydrogens (tertiary/aromatic N) is 1. The number of carbonyl (C=O) groups is 1. The Morgan fingerprint density at radius 3 is 2.52 bits per heavy atom. The van der Waals surface area contributed by atoms with Crippen LogP contribution in [0, 0.1) is 13.8 Å². The molecule has 0 spiro atoms. The predicted molar refractivity (Wildman–Crippen MR) is 115 cm³/mol. The molecule has 29 heavy (non-hydrogen) atoms. The number of nitrogens with one attached hydrogen (secondary N) is 1. The van der Waals surface area contributed by atoms with Crippen molar-refractivity contribution >= 4 is 12.1 Å². The van der Waals surface area contributed by atoms with E-state index in [-0.39, 0.29) is 5.91 Å². The Bertz CT molecular complexity index is 1010. The lowest BCUT2D eigenvalue weighted by Crippen LogP contribution is -2.18. The van der Waals surface area contributed by atoms with Crippen LogP contribution >= 0.6 is 0 Å². The summed E-state index contributed by atoms with van der Waals surface area (Å²) in [6.07, 6.45) is 1.58. The molecular formula is C24H24N2O3. The zero-order valence-electron chi connectivity index (χ0n) is 16.8. The summed E-state index contributed by atoms with van der Waals surface area (Å²) in [4.78, 5) is 12.3. The van der Waals surface area contributed by atoms with Crippen LogP contribution in [0.1, 0.15) is 32.6 Å². The maximum atomic E-state index is 12.3. The molecule has 3 aromatic rings. The normalized spacial score (nSPS) is 10.7. The number of hydrogen-bond acceptors (Lipinski definition) is 4. The molecule has 1 N–H and O–H groups in total. The van der Waals surface area contributed by atoms with Crippen LogP contribution in [0.3, 0.4) is 0 Å². The highest BCUT2D eigenvalue weighted by Gasteiger charge is 2.08. The molecule has 0 atom stereocenters. The van der Waals surface area contributed by atoms with Crippen LogP contribution in [-0.2, 0) is 6.61 Å². The van der Waals surface area contributed by atoms with Crippen molar-refractivity contribution in [1.82, 2.24) is 5.43 Å². The lowest BCUT2D eigenvalue weighted by atomic mass is 10.1. The number of methoxy groups -OCH3 is 1. The van der Waals surface area contributed by atoms with Gasteiger partial charge in [-0.25, -0.2) is 5.43 Å². The molecule has 0 saturated heterocycles. The first-order valence-corrected chi connectivity index (χ1v) is 9.32. The molecule has 148 valence electrons.